The van der Waals surface area contributed by atoms with Gasteiger partial charge in [-0.3, -0.25) is 0 Å². The topological polar surface area (TPSA) is 44.5 Å². The molecule has 1 aliphatic rings. The van der Waals surface area contributed by atoms with Crippen LogP contribution in [0.1, 0.15) is 37.3 Å². The van der Waals surface area contributed by atoms with Gasteiger partial charge >= 0.3 is 0 Å². The Morgan fingerprint density at radius 2 is 2.18 bits per heavy atom. The van der Waals surface area contributed by atoms with Crippen LogP contribution in [0.25, 0.3) is 0 Å². The molecule has 0 aliphatic carbocycles. The third-order valence-corrected chi connectivity index (χ3v) is 3.37. The van der Waals surface area contributed by atoms with E-state index in [1.54, 1.807) is 7.11 Å². The Morgan fingerprint density at radius 1 is 1.41 bits per heavy atom. The minimum absolute atomic E-state index is 0.102. The van der Waals surface area contributed by atoms with Crippen LogP contribution in [0.5, 0.6) is 5.75 Å². The number of hydrogen-bond acceptors (Lipinski definition) is 3. The Hall–Kier alpha value is -1.06. The van der Waals surface area contributed by atoms with Crippen molar-refractivity contribution < 1.29 is 9.47 Å². The average molecular weight is 235 g/mol. The number of ether oxygens (including phenoxy) is 2. The van der Waals surface area contributed by atoms with Crippen molar-refractivity contribution in [1.29, 1.82) is 0 Å². The second-order valence-electron chi connectivity index (χ2n) is 4.59. The van der Waals surface area contributed by atoms with Gasteiger partial charge in [0.2, 0.25) is 0 Å². The second-order valence-corrected chi connectivity index (χ2v) is 4.59. The van der Waals surface area contributed by atoms with Crippen molar-refractivity contribution >= 4 is 0 Å². The van der Waals surface area contributed by atoms with E-state index >= 15 is 0 Å². The van der Waals surface area contributed by atoms with E-state index in [4.69, 9.17) is 15.2 Å². The maximum atomic E-state index is 6.17. The molecule has 0 radical (unpaired) electrons. The van der Waals surface area contributed by atoms with E-state index < -0.39 is 0 Å². The first kappa shape index (κ1) is 12.4. The number of benzene rings is 1. The smallest absolute Gasteiger partial charge is 0.118 e. The van der Waals surface area contributed by atoms with Crippen LogP contribution in [-0.2, 0) is 4.74 Å². The monoisotopic (exact) mass is 235 g/mol. The summed E-state index contributed by atoms with van der Waals surface area (Å²) in [6, 6.07) is 8.10. The van der Waals surface area contributed by atoms with E-state index in [2.05, 4.69) is 0 Å². The normalized spacial score (nSPS) is 21.4. The zero-order valence-corrected chi connectivity index (χ0v) is 10.4. The lowest BCUT2D eigenvalue weighted by atomic mass is 10.00. The van der Waals surface area contributed by atoms with Gasteiger partial charge < -0.3 is 15.2 Å². The molecule has 0 saturated carbocycles. The van der Waals surface area contributed by atoms with Crippen LogP contribution in [0.2, 0.25) is 0 Å². The first-order valence-corrected chi connectivity index (χ1v) is 6.30. The molecule has 2 unspecified atom stereocenters. The molecule has 0 amide bonds. The lowest BCUT2D eigenvalue weighted by Crippen LogP contribution is -2.14. The van der Waals surface area contributed by atoms with Gasteiger partial charge in [-0.15, -0.1) is 0 Å². The zero-order valence-electron chi connectivity index (χ0n) is 10.4. The summed E-state index contributed by atoms with van der Waals surface area (Å²) in [7, 11) is 1.67. The molecule has 2 rings (SSSR count). The number of nitrogens with two attached hydrogens (primary N) is 1. The molecule has 1 saturated heterocycles. The predicted molar refractivity (Wildman–Crippen MR) is 68.1 cm³/mol. The number of methoxy groups -OCH3 is 1. The molecule has 1 heterocycles. The highest BCUT2D eigenvalue weighted by Crippen LogP contribution is 2.23. The van der Waals surface area contributed by atoms with E-state index in [-0.39, 0.29) is 6.04 Å². The number of rotatable bonds is 5. The maximum absolute atomic E-state index is 6.17. The Kier molecular flexibility index (Phi) is 4.40. The predicted octanol–water partition coefficient (Wildman–Crippen LogP) is 2.65. The standard InChI is InChI=1S/C14H21NO2/c1-16-12-6-4-11(5-7-12)14(15)9-8-13-3-2-10-17-13/h4-7,13-14H,2-3,8-10,15H2,1H3. The average Bonchev–Trinajstić information content (AvgIpc) is 2.89. The molecule has 0 spiro atoms. The quantitative estimate of drug-likeness (QED) is 0.853. The van der Waals surface area contributed by atoms with E-state index in [0.717, 1.165) is 25.2 Å². The Morgan fingerprint density at radius 3 is 2.76 bits per heavy atom. The van der Waals surface area contributed by atoms with Gasteiger partial charge in [0.1, 0.15) is 5.75 Å². The SMILES string of the molecule is COc1ccc(C(N)CCC2CCCO2)cc1. The van der Waals surface area contributed by atoms with Gasteiger partial charge in [-0.2, -0.15) is 0 Å². The minimum Gasteiger partial charge on any atom is -0.497 e. The summed E-state index contributed by atoms with van der Waals surface area (Å²) in [5.74, 6) is 0.875. The minimum atomic E-state index is 0.102. The van der Waals surface area contributed by atoms with Crippen molar-refractivity contribution in [2.24, 2.45) is 5.73 Å². The van der Waals surface area contributed by atoms with Gasteiger partial charge in [0.05, 0.1) is 13.2 Å². The molecule has 1 aromatic rings. The molecular weight excluding hydrogens is 214 g/mol. The van der Waals surface area contributed by atoms with Crippen LogP contribution in [0.3, 0.4) is 0 Å². The Balaban J connectivity index is 1.83. The Bertz CT molecular complexity index is 331. The summed E-state index contributed by atoms with van der Waals surface area (Å²) in [6.07, 6.45) is 4.86. The molecule has 1 aromatic carbocycles. The lowest BCUT2D eigenvalue weighted by Gasteiger charge is -2.15. The van der Waals surface area contributed by atoms with E-state index in [9.17, 15) is 0 Å². The summed E-state index contributed by atoms with van der Waals surface area (Å²) in [4.78, 5) is 0. The molecule has 3 heteroatoms. The highest BCUT2D eigenvalue weighted by Gasteiger charge is 2.17. The van der Waals surface area contributed by atoms with Crippen molar-refractivity contribution in [3.05, 3.63) is 29.8 Å². The fourth-order valence-corrected chi connectivity index (χ4v) is 2.26. The molecular formula is C14H21NO2. The summed E-state index contributed by atoms with van der Waals surface area (Å²) in [5, 5.41) is 0. The largest absolute Gasteiger partial charge is 0.497 e. The summed E-state index contributed by atoms with van der Waals surface area (Å²) in [6.45, 7) is 0.919. The van der Waals surface area contributed by atoms with Crippen molar-refractivity contribution in [2.45, 2.75) is 37.8 Å². The first-order chi connectivity index (χ1) is 8.29. The highest BCUT2D eigenvalue weighted by molar-refractivity contribution is 5.28. The van der Waals surface area contributed by atoms with Gasteiger partial charge in [0.25, 0.3) is 0 Å². The van der Waals surface area contributed by atoms with Crippen LogP contribution in [0.4, 0.5) is 0 Å². The van der Waals surface area contributed by atoms with Crippen molar-refractivity contribution in [3.8, 4) is 5.75 Å². The van der Waals surface area contributed by atoms with Gasteiger partial charge in [-0.25, -0.2) is 0 Å². The van der Waals surface area contributed by atoms with Gasteiger partial charge in [-0.1, -0.05) is 12.1 Å². The van der Waals surface area contributed by atoms with Gasteiger partial charge in [0.15, 0.2) is 0 Å². The summed E-state index contributed by atoms with van der Waals surface area (Å²) < 4.78 is 10.7. The van der Waals surface area contributed by atoms with E-state index in [1.807, 2.05) is 24.3 Å². The molecule has 94 valence electrons. The van der Waals surface area contributed by atoms with E-state index in [1.165, 1.54) is 18.4 Å². The van der Waals surface area contributed by atoms with Crippen molar-refractivity contribution in [2.75, 3.05) is 13.7 Å². The third kappa shape index (κ3) is 3.45. The van der Waals surface area contributed by atoms with Crippen LogP contribution >= 0.6 is 0 Å². The van der Waals surface area contributed by atoms with Crippen LogP contribution in [0.15, 0.2) is 24.3 Å². The summed E-state index contributed by atoms with van der Waals surface area (Å²) in [5.41, 5.74) is 7.34. The summed E-state index contributed by atoms with van der Waals surface area (Å²) >= 11 is 0. The molecule has 1 aliphatic heterocycles. The molecule has 17 heavy (non-hydrogen) atoms. The van der Waals surface area contributed by atoms with Crippen LogP contribution < -0.4 is 10.5 Å². The molecule has 2 atom stereocenters. The maximum Gasteiger partial charge on any atom is 0.118 e. The first-order valence-electron chi connectivity index (χ1n) is 6.30. The van der Waals surface area contributed by atoms with E-state index in [0.29, 0.717) is 6.10 Å². The highest BCUT2D eigenvalue weighted by atomic mass is 16.5. The molecule has 2 N–H and O–H groups in total. The fraction of sp³-hybridized carbons (Fsp3) is 0.571. The van der Waals surface area contributed by atoms with Crippen molar-refractivity contribution in [1.82, 2.24) is 0 Å². The molecule has 0 aromatic heterocycles. The zero-order chi connectivity index (χ0) is 12.1. The lowest BCUT2D eigenvalue weighted by molar-refractivity contribution is 0.101. The van der Waals surface area contributed by atoms with Crippen LogP contribution in [-0.4, -0.2) is 19.8 Å². The van der Waals surface area contributed by atoms with Crippen molar-refractivity contribution in [3.63, 3.8) is 0 Å². The van der Waals surface area contributed by atoms with Crippen LogP contribution in [0, 0.1) is 0 Å². The molecule has 0 bridgehead atoms. The third-order valence-electron chi connectivity index (χ3n) is 3.37. The molecule has 3 nitrogen and oxygen atoms in total. The van der Waals surface area contributed by atoms with Gasteiger partial charge in [-0.05, 0) is 43.4 Å². The molecule has 1 fully saturated rings. The Labute approximate surface area is 103 Å². The second kappa shape index (κ2) is 6.03. The van der Waals surface area contributed by atoms with Gasteiger partial charge in [0, 0.05) is 12.6 Å². The fourth-order valence-electron chi connectivity index (χ4n) is 2.26. The number of hydrogen-bond donors (Lipinski definition) is 1.